The molecule has 3 heterocycles. The van der Waals surface area contributed by atoms with Crippen molar-refractivity contribution >= 4 is 17.7 Å². The predicted octanol–water partition coefficient (Wildman–Crippen LogP) is -0.401. The van der Waals surface area contributed by atoms with Crippen LogP contribution in [-0.4, -0.2) is 29.4 Å². The van der Waals surface area contributed by atoms with E-state index >= 15 is 0 Å². The molecule has 0 aromatic carbocycles. The Labute approximate surface area is 85.0 Å². The summed E-state index contributed by atoms with van der Waals surface area (Å²) in [7, 11) is 0. The van der Waals surface area contributed by atoms with Crippen LogP contribution in [0.1, 0.15) is 6.92 Å². The van der Waals surface area contributed by atoms with Gasteiger partial charge in [0.2, 0.25) is 0 Å². The van der Waals surface area contributed by atoms with Crippen molar-refractivity contribution in [2.24, 2.45) is 11.8 Å². The Morgan fingerprint density at radius 3 is 2.80 bits per heavy atom. The summed E-state index contributed by atoms with van der Waals surface area (Å²) in [6, 6.07) is 0. The Morgan fingerprint density at radius 2 is 2.13 bits per heavy atom. The molecule has 5 heteroatoms. The van der Waals surface area contributed by atoms with Crippen molar-refractivity contribution in [3.05, 3.63) is 12.2 Å². The number of carbonyl (C=O) groups is 3. The SMILES string of the molecule is CC(=O)C12C=CC(O1)C1C(=O)OC(=O)C12. The van der Waals surface area contributed by atoms with Crippen LogP contribution in [0.3, 0.4) is 0 Å². The molecule has 3 rings (SSSR count). The molecule has 0 aliphatic carbocycles. The van der Waals surface area contributed by atoms with Gasteiger partial charge in [-0.2, -0.15) is 0 Å². The second kappa shape index (κ2) is 2.36. The molecule has 0 radical (unpaired) electrons. The van der Waals surface area contributed by atoms with Crippen molar-refractivity contribution in [2.75, 3.05) is 0 Å². The van der Waals surface area contributed by atoms with Gasteiger partial charge in [0.25, 0.3) is 0 Å². The monoisotopic (exact) mass is 208 g/mol. The minimum absolute atomic E-state index is 0.264. The lowest BCUT2D eigenvalue weighted by molar-refractivity contribution is -0.160. The standard InChI is InChI=1S/C10H8O5/c1-4(11)10-3-2-5(15-10)6-7(10)9(13)14-8(6)12/h2-3,5-7H,1H3. The Morgan fingerprint density at radius 1 is 1.40 bits per heavy atom. The second-order valence-corrected chi connectivity index (χ2v) is 4.03. The number of fused-ring (bicyclic) bond motifs is 5. The van der Waals surface area contributed by atoms with Crippen LogP contribution in [0.2, 0.25) is 0 Å². The Hall–Kier alpha value is -1.49. The molecule has 2 saturated heterocycles. The highest BCUT2D eigenvalue weighted by atomic mass is 16.6. The minimum atomic E-state index is -1.25. The van der Waals surface area contributed by atoms with E-state index in [-0.39, 0.29) is 5.78 Å². The maximum atomic E-state index is 11.5. The van der Waals surface area contributed by atoms with Crippen molar-refractivity contribution in [3.63, 3.8) is 0 Å². The third-order valence-electron chi connectivity index (χ3n) is 3.32. The molecular formula is C10H8O5. The zero-order valence-corrected chi connectivity index (χ0v) is 7.93. The maximum absolute atomic E-state index is 11.5. The molecule has 4 atom stereocenters. The molecule has 2 bridgehead atoms. The van der Waals surface area contributed by atoms with Gasteiger partial charge < -0.3 is 9.47 Å². The first-order chi connectivity index (χ1) is 7.06. The van der Waals surface area contributed by atoms with Gasteiger partial charge in [-0.3, -0.25) is 14.4 Å². The molecule has 3 aliphatic rings. The number of esters is 2. The first-order valence-corrected chi connectivity index (χ1v) is 4.70. The molecule has 4 unspecified atom stereocenters. The van der Waals surface area contributed by atoms with Gasteiger partial charge in [-0.25, -0.2) is 0 Å². The number of hydrogen-bond donors (Lipinski definition) is 0. The smallest absolute Gasteiger partial charge is 0.321 e. The molecule has 5 nitrogen and oxygen atoms in total. The highest BCUT2D eigenvalue weighted by molar-refractivity contribution is 6.04. The zero-order chi connectivity index (χ0) is 10.8. The van der Waals surface area contributed by atoms with E-state index in [9.17, 15) is 14.4 Å². The number of ketones is 1. The number of ether oxygens (including phenoxy) is 2. The number of cyclic esters (lactones) is 2. The summed E-state index contributed by atoms with van der Waals surface area (Å²) in [6.07, 6.45) is 2.74. The molecule has 0 saturated carbocycles. The topological polar surface area (TPSA) is 69.7 Å². The van der Waals surface area contributed by atoms with E-state index in [1.165, 1.54) is 6.92 Å². The van der Waals surface area contributed by atoms with Crippen molar-refractivity contribution in [1.29, 1.82) is 0 Å². The van der Waals surface area contributed by atoms with Gasteiger partial charge in [0.15, 0.2) is 11.4 Å². The fraction of sp³-hybridized carbons (Fsp3) is 0.500. The normalized spacial score (nSPS) is 45.8. The molecule has 0 spiro atoms. The fourth-order valence-electron chi connectivity index (χ4n) is 2.61. The van der Waals surface area contributed by atoms with Gasteiger partial charge in [-0.05, 0) is 13.0 Å². The molecule has 78 valence electrons. The highest BCUT2D eigenvalue weighted by Crippen LogP contribution is 2.51. The molecule has 2 fully saturated rings. The van der Waals surface area contributed by atoms with Gasteiger partial charge >= 0.3 is 11.9 Å². The van der Waals surface area contributed by atoms with Crippen LogP contribution in [-0.2, 0) is 23.9 Å². The van der Waals surface area contributed by atoms with E-state index in [0.717, 1.165) is 0 Å². The van der Waals surface area contributed by atoms with Gasteiger partial charge in [-0.15, -0.1) is 0 Å². The Kier molecular flexibility index (Phi) is 1.38. The van der Waals surface area contributed by atoms with Crippen molar-refractivity contribution in [2.45, 2.75) is 18.6 Å². The van der Waals surface area contributed by atoms with Crippen molar-refractivity contribution < 1.29 is 23.9 Å². The van der Waals surface area contributed by atoms with Crippen LogP contribution in [0.15, 0.2) is 12.2 Å². The first-order valence-electron chi connectivity index (χ1n) is 4.70. The fourth-order valence-corrected chi connectivity index (χ4v) is 2.61. The minimum Gasteiger partial charge on any atom is -0.393 e. The molecule has 0 N–H and O–H groups in total. The van der Waals surface area contributed by atoms with Crippen molar-refractivity contribution in [3.8, 4) is 0 Å². The summed E-state index contributed by atoms with van der Waals surface area (Å²) >= 11 is 0. The molecule has 0 aromatic rings. The number of carbonyl (C=O) groups excluding carboxylic acids is 3. The molecule has 0 amide bonds. The largest absolute Gasteiger partial charge is 0.393 e. The average Bonchev–Trinajstić information content (AvgIpc) is 2.78. The molecule has 3 aliphatic heterocycles. The third kappa shape index (κ3) is 0.802. The summed E-state index contributed by atoms with van der Waals surface area (Å²) in [5.74, 6) is -2.90. The van der Waals surface area contributed by atoms with E-state index in [1.54, 1.807) is 12.2 Å². The quantitative estimate of drug-likeness (QED) is 0.333. The van der Waals surface area contributed by atoms with Gasteiger partial charge in [-0.1, -0.05) is 6.08 Å². The first kappa shape index (κ1) is 8.79. The third-order valence-corrected chi connectivity index (χ3v) is 3.32. The van der Waals surface area contributed by atoms with Gasteiger partial charge in [0.05, 0.1) is 6.10 Å². The van der Waals surface area contributed by atoms with Crippen molar-refractivity contribution in [1.82, 2.24) is 0 Å². The van der Waals surface area contributed by atoms with E-state index < -0.39 is 35.5 Å². The number of rotatable bonds is 1. The second-order valence-electron chi connectivity index (χ2n) is 4.03. The zero-order valence-electron chi connectivity index (χ0n) is 7.93. The van der Waals surface area contributed by atoms with E-state index in [4.69, 9.17) is 4.74 Å². The summed E-state index contributed by atoms with van der Waals surface area (Å²) in [4.78, 5) is 34.3. The lowest BCUT2D eigenvalue weighted by atomic mass is 9.75. The summed E-state index contributed by atoms with van der Waals surface area (Å²) in [6.45, 7) is 1.35. The van der Waals surface area contributed by atoms with Crippen LogP contribution in [0.4, 0.5) is 0 Å². The predicted molar refractivity (Wildman–Crippen MR) is 45.5 cm³/mol. The van der Waals surface area contributed by atoms with Crippen LogP contribution < -0.4 is 0 Å². The van der Waals surface area contributed by atoms with Crippen LogP contribution >= 0.6 is 0 Å². The van der Waals surface area contributed by atoms with Gasteiger partial charge in [0, 0.05) is 0 Å². The maximum Gasteiger partial charge on any atom is 0.321 e. The van der Waals surface area contributed by atoms with Crippen LogP contribution in [0.5, 0.6) is 0 Å². The number of Topliss-reactive ketones (excluding diaryl/α,β-unsaturated/α-hetero) is 1. The van der Waals surface area contributed by atoms with E-state index in [0.29, 0.717) is 0 Å². The Balaban J connectivity index is 2.15. The molecule has 15 heavy (non-hydrogen) atoms. The molecular weight excluding hydrogens is 200 g/mol. The van der Waals surface area contributed by atoms with Gasteiger partial charge in [0.1, 0.15) is 11.8 Å². The van der Waals surface area contributed by atoms with E-state index in [1.807, 2.05) is 0 Å². The lowest BCUT2D eigenvalue weighted by Gasteiger charge is -2.23. The number of hydrogen-bond acceptors (Lipinski definition) is 5. The summed E-state index contributed by atoms with van der Waals surface area (Å²) in [5.41, 5.74) is -1.25. The highest BCUT2D eigenvalue weighted by Gasteiger charge is 2.68. The molecule has 0 aromatic heterocycles. The lowest BCUT2D eigenvalue weighted by Crippen LogP contribution is -2.43. The summed E-state index contributed by atoms with van der Waals surface area (Å²) < 4.78 is 9.98. The van der Waals surface area contributed by atoms with E-state index in [2.05, 4.69) is 4.74 Å². The summed E-state index contributed by atoms with van der Waals surface area (Å²) in [5, 5.41) is 0. The van der Waals surface area contributed by atoms with Crippen LogP contribution in [0.25, 0.3) is 0 Å². The Bertz CT molecular complexity index is 424. The van der Waals surface area contributed by atoms with Crippen LogP contribution in [0, 0.1) is 11.8 Å². The average molecular weight is 208 g/mol.